The third-order valence-electron chi connectivity index (χ3n) is 6.20. The zero-order valence-corrected chi connectivity index (χ0v) is 18.0. The average molecular weight is 425 g/mol. The van der Waals surface area contributed by atoms with Crippen molar-refractivity contribution in [2.24, 2.45) is 5.73 Å². The number of para-hydroxylation sites is 2. The van der Waals surface area contributed by atoms with Crippen LogP contribution >= 0.6 is 0 Å². The van der Waals surface area contributed by atoms with E-state index in [0.29, 0.717) is 24.4 Å². The van der Waals surface area contributed by atoms with Crippen molar-refractivity contribution in [1.82, 2.24) is 9.78 Å². The van der Waals surface area contributed by atoms with Gasteiger partial charge in [0.15, 0.2) is 0 Å². The molecule has 7 nitrogen and oxygen atoms in total. The first-order valence-corrected chi connectivity index (χ1v) is 10.8. The van der Waals surface area contributed by atoms with Crippen molar-refractivity contribution in [3.05, 3.63) is 82.9 Å². The summed E-state index contributed by atoms with van der Waals surface area (Å²) in [5.74, 6) is 0.119. The summed E-state index contributed by atoms with van der Waals surface area (Å²) in [7, 11) is 0. The molecule has 2 aliphatic heterocycles. The van der Waals surface area contributed by atoms with Gasteiger partial charge in [-0.1, -0.05) is 49.7 Å². The Labute approximate surface area is 186 Å². The van der Waals surface area contributed by atoms with Gasteiger partial charge in [0, 0.05) is 17.8 Å². The molecular weight excluding hydrogens is 402 g/mol. The van der Waals surface area contributed by atoms with Crippen molar-refractivity contribution in [3.63, 3.8) is 0 Å². The van der Waals surface area contributed by atoms with Gasteiger partial charge in [0.05, 0.1) is 16.9 Å². The summed E-state index contributed by atoms with van der Waals surface area (Å²) in [4.78, 5) is 15.9. The van der Waals surface area contributed by atoms with E-state index < -0.39 is 5.41 Å². The highest BCUT2D eigenvalue weighted by Gasteiger charge is 2.61. The molecule has 1 aromatic heterocycles. The Kier molecular flexibility index (Phi) is 4.52. The van der Waals surface area contributed by atoms with Crippen LogP contribution in [0.4, 0.5) is 5.69 Å². The molecule has 0 fully saturated rings. The fraction of sp³-hybridized carbons (Fsp3) is 0.240. The molecular formula is C25H23N5O2. The topological polar surface area (TPSA) is 97.2 Å². The van der Waals surface area contributed by atoms with Gasteiger partial charge in [0.2, 0.25) is 17.7 Å². The number of aromatic nitrogens is 2. The number of anilines is 1. The largest absolute Gasteiger partial charge is 0.422 e. The van der Waals surface area contributed by atoms with Crippen LogP contribution in [-0.2, 0) is 16.6 Å². The molecule has 0 saturated carbocycles. The second-order valence-electron chi connectivity index (χ2n) is 7.89. The molecule has 2 aliphatic rings. The Balaban J connectivity index is 1.92. The minimum Gasteiger partial charge on any atom is -0.422 e. The Morgan fingerprint density at radius 1 is 1.12 bits per heavy atom. The molecule has 2 N–H and O–H groups in total. The third-order valence-corrected chi connectivity index (χ3v) is 6.20. The first kappa shape index (κ1) is 19.9. The number of hydrogen-bond donors (Lipinski definition) is 1. The van der Waals surface area contributed by atoms with E-state index in [1.807, 2.05) is 61.5 Å². The van der Waals surface area contributed by atoms with Crippen LogP contribution in [-0.4, -0.2) is 22.2 Å². The monoisotopic (exact) mass is 425 g/mol. The van der Waals surface area contributed by atoms with Gasteiger partial charge in [-0.05, 0) is 31.5 Å². The highest BCUT2D eigenvalue weighted by molar-refractivity contribution is 6.14. The zero-order valence-electron chi connectivity index (χ0n) is 18.0. The molecule has 5 rings (SSSR count). The van der Waals surface area contributed by atoms with Crippen LogP contribution in [0.15, 0.2) is 66.1 Å². The molecule has 2 aromatic carbocycles. The lowest BCUT2D eigenvalue weighted by Crippen LogP contribution is -2.46. The van der Waals surface area contributed by atoms with Crippen molar-refractivity contribution in [2.75, 3.05) is 11.4 Å². The summed E-state index contributed by atoms with van der Waals surface area (Å²) >= 11 is 0. The van der Waals surface area contributed by atoms with Gasteiger partial charge in [-0.25, -0.2) is 4.68 Å². The molecule has 32 heavy (non-hydrogen) atoms. The number of nitrogens with zero attached hydrogens (tertiary/aromatic N) is 4. The number of likely N-dealkylation sites (N-methyl/N-ethyl adjacent to an activating group) is 1. The van der Waals surface area contributed by atoms with Crippen molar-refractivity contribution in [1.29, 1.82) is 5.26 Å². The fourth-order valence-electron chi connectivity index (χ4n) is 4.93. The molecule has 1 atom stereocenters. The summed E-state index contributed by atoms with van der Waals surface area (Å²) in [6.45, 7) is 4.46. The van der Waals surface area contributed by atoms with E-state index in [4.69, 9.17) is 15.6 Å². The number of aryl methyl sites for hydroxylation is 1. The maximum atomic E-state index is 14.1. The molecule has 0 unspecified atom stereocenters. The molecule has 0 radical (unpaired) electrons. The number of amides is 1. The van der Waals surface area contributed by atoms with Gasteiger partial charge in [0.1, 0.15) is 17.1 Å². The van der Waals surface area contributed by atoms with Gasteiger partial charge in [-0.3, -0.25) is 4.79 Å². The number of nitriles is 1. The van der Waals surface area contributed by atoms with E-state index in [-0.39, 0.29) is 17.4 Å². The Bertz CT molecular complexity index is 1300. The number of carbonyl (C=O) groups is 1. The third kappa shape index (κ3) is 2.41. The lowest BCUT2D eigenvalue weighted by molar-refractivity contribution is -0.120. The molecule has 3 aromatic rings. The number of fused-ring (bicyclic) bond motifs is 4. The molecule has 160 valence electrons. The van der Waals surface area contributed by atoms with Gasteiger partial charge in [-0.15, -0.1) is 0 Å². The highest BCUT2D eigenvalue weighted by atomic mass is 16.5. The number of benzene rings is 2. The van der Waals surface area contributed by atoms with Crippen LogP contribution in [0, 0.1) is 11.3 Å². The fourth-order valence-corrected chi connectivity index (χ4v) is 4.93. The first-order chi connectivity index (χ1) is 15.6. The van der Waals surface area contributed by atoms with Crippen molar-refractivity contribution >= 4 is 11.6 Å². The van der Waals surface area contributed by atoms with E-state index in [1.54, 1.807) is 9.58 Å². The standard InChI is InChI=1S/C25H23N5O2/c1-3-10-19-21-23(30(28-19)16-11-6-5-7-12-16)32-22(27)18(15-26)25(21)17-13-8-9-14-20(17)29(4-2)24(25)31/h5-9,11-14H,3-4,10,27H2,1-2H3/t25-/m1/s1. The molecule has 7 heteroatoms. The zero-order chi connectivity index (χ0) is 22.5. The number of ether oxygens (including phenoxy) is 1. The van der Waals surface area contributed by atoms with Gasteiger partial charge in [-0.2, -0.15) is 10.4 Å². The lowest BCUT2D eigenvalue weighted by atomic mass is 9.68. The van der Waals surface area contributed by atoms with Gasteiger partial charge >= 0.3 is 0 Å². The van der Waals surface area contributed by atoms with Crippen LogP contribution < -0.4 is 15.4 Å². The predicted octanol–water partition coefficient (Wildman–Crippen LogP) is 3.56. The SMILES string of the molecule is CCCc1nn(-c2ccccc2)c2c1[C@]1(C(=O)N(CC)c3ccccc31)C(C#N)=C(N)O2. The van der Waals surface area contributed by atoms with E-state index >= 15 is 0 Å². The smallest absolute Gasteiger partial charge is 0.247 e. The molecule has 0 aliphatic carbocycles. The second kappa shape index (κ2) is 7.27. The van der Waals surface area contributed by atoms with Crippen molar-refractivity contribution in [3.8, 4) is 17.6 Å². The number of hydrogen-bond acceptors (Lipinski definition) is 5. The van der Waals surface area contributed by atoms with E-state index in [9.17, 15) is 10.1 Å². The normalized spacial score (nSPS) is 19.0. The molecule has 1 amide bonds. The van der Waals surface area contributed by atoms with Crippen LogP contribution in [0.25, 0.3) is 5.69 Å². The molecule has 3 heterocycles. The van der Waals surface area contributed by atoms with E-state index in [1.165, 1.54) is 0 Å². The van der Waals surface area contributed by atoms with Crippen LogP contribution in [0.3, 0.4) is 0 Å². The summed E-state index contributed by atoms with van der Waals surface area (Å²) in [5, 5.41) is 15.1. The van der Waals surface area contributed by atoms with E-state index in [2.05, 4.69) is 13.0 Å². The minimum absolute atomic E-state index is 0.0683. The molecule has 0 saturated heterocycles. The lowest BCUT2D eigenvalue weighted by Gasteiger charge is -2.33. The minimum atomic E-state index is -1.38. The first-order valence-electron chi connectivity index (χ1n) is 10.8. The maximum absolute atomic E-state index is 14.1. The van der Waals surface area contributed by atoms with Crippen molar-refractivity contribution in [2.45, 2.75) is 32.1 Å². The number of rotatable bonds is 4. The van der Waals surface area contributed by atoms with Gasteiger partial charge < -0.3 is 15.4 Å². The van der Waals surface area contributed by atoms with Crippen LogP contribution in [0.1, 0.15) is 37.1 Å². The second-order valence-corrected chi connectivity index (χ2v) is 7.89. The summed E-state index contributed by atoms with van der Waals surface area (Å²) in [6, 6.07) is 19.4. The number of carbonyl (C=O) groups excluding carboxylic acids is 1. The summed E-state index contributed by atoms with van der Waals surface area (Å²) < 4.78 is 7.72. The van der Waals surface area contributed by atoms with Crippen LogP contribution in [0.5, 0.6) is 5.88 Å². The average Bonchev–Trinajstić information content (AvgIpc) is 3.28. The van der Waals surface area contributed by atoms with E-state index in [0.717, 1.165) is 29.1 Å². The molecule has 0 bridgehead atoms. The maximum Gasteiger partial charge on any atom is 0.247 e. The van der Waals surface area contributed by atoms with Crippen LogP contribution in [0.2, 0.25) is 0 Å². The Morgan fingerprint density at radius 2 is 1.84 bits per heavy atom. The number of nitrogens with two attached hydrogens (primary N) is 1. The molecule has 1 spiro atoms. The Hall–Kier alpha value is -4.05. The van der Waals surface area contributed by atoms with Gasteiger partial charge in [0.25, 0.3) is 0 Å². The highest BCUT2D eigenvalue weighted by Crippen LogP contribution is 2.56. The Morgan fingerprint density at radius 3 is 2.53 bits per heavy atom. The summed E-state index contributed by atoms with van der Waals surface area (Å²) in [5.41, 5.74) is 8.71. The predicted molar refractivity (Wildman–Crippen MR) is 120 cm³/mol. The summed E-state index contributed by atoms with van der Waals surface area (Å²) in [6.07, 6.45) is 1.45. The van der Waals surface area contributed by atoms with Crippen molar-refractivity contribution < 1.29 is 9.53 Å². The quantitative estimate of drug-likeness (QED) is 0.689.